The van der Waals surface area contributed by atoms with Gasteiger partial charge < -0.3 is 4.90 Å². The van der Waals surface area contributed by atoms with Crippen molar-refractivity contribution in [2.45, 2.75) is 39.3 Å². The van der Waals surface area contributed by atoms with E-state index in [1.165, 1.54) is 0 Å². The highest BCUT2D eigenvalue weighted by molar-refractivity contribution is 6.01. The Morgan fingerprint density at radius 3 is 2.65 bits per heavy atom. The van der Waals surface area contributed by atoms with Gasteiger partial charge in [0.15, 0.2) is 5.78 Å². The van der Waals surface area contributed by atoms with Crippen LogP contribution in [0.4, 0.5) is 0 Å². The van der Waals surface area contributed by atoms with Gasteiger partial charge >= 0.3 is 0 Å². The predicted octanol–water partition coefficient (Wildman–Crippen LogP) is 2.51. The van der Waals surface area contributed by atoms with Gasteiger partial charge in [-0.2, -0.15) is 0 Å². The van der Waals surface area contributed by atoms with Crippen molar-refractivity contribution in [2.75, 3.05) is 27.2 Å². The van der Waals surface area contributed by atoms with Crippen LogP contribution in [-0.2, 0) is 0 Å². The SMILES string of the molecule is Cc1ccc(C)c(C(=O)C(C)N2CCC(N(C)C)C2)c1. The summed E-state index contributed by atoms with van der Waals surface area (Å²) in [6.07, 6.45) is 1.15. The number of Topliss-reactive ketones (excluding diaryl/α,β-unsaturated/α-hetero) is 1. The molecule has 2 rings (SSSR count). The zero-order chi connectivity index (χ0) is 14.9. The summed E-state index contributed by atoms with van der Waals surface area (Å²) < 4.78 is 0. The third kappa shape index (κ3) is 3.10. The lowest BCUT2D eigenvalue weighted by Gasteiger charge is -2.25. The molecule has 1 saturated heterocycles. The highest BCUT2D eigenvalue weighted by Crippen LogP contribution is 2.20. The van der Waals surface area contributed by atoms with Crippen molar-refractivity contribution in [1.82, 2.24) is 9.80 Å². The van der Waals surface area contributed by atoms with Crippen LogP contribution in [-0.4, -0.2) is 54.9 Å². The molecule has 2 unspecified atom stereocenters. The van der Waals surface area contributed by atoms with E-state index in [-0.39, 0.29) is 11.8 Å². The lowest BCUT2D eigenvalue weighted by Crippen LogP contribution is -2.40. The number of likely N-dealkylation sites (tertiary alicyclic amines) is 1. The molecule has 1 aliphatic heterocycles. The average Bonchev–Trinajstić information content (AvgIpc) is 2.89. The summed E-state index contributed by atoms with van der Waals surface area (Å²) in [4.78, 5) is 17.3. The zero-order valence-electron chi connectivity index (χ0n) is 13.3. The van der Waals surface area contributed by atoms with E-state index >= 15 is 0 Å². The number of nitrogens with zero attached hydrogens (tertiary/aromatic N) is 2. The van der Waals surface area contributed by atoms with Crippen LogP contribution in [0.3, 0.4) is 0 Å². The van der Waals surface area contributed by atoms with Crippen LogP contribution in [0.5, 0.6) is 0 Å². The molecule has 0 N–H and O–H groups in total. The van der Waals surface area contributed by atoms with Crippen molar-refractivity contribution in [1.29, 1.82) is 0 Å². The number of benzene rings is 1. The molecule has 0 aromatic heterocycles. The van der Waals surface area contributed by atoms with Gasteiger partial charge in [-0.15, -0.1) is 0 Å². The van der Waals surface area contributed by atoms with Gasteiger partial charge in [-0.05, 0) is 52.9 Å². The van der Waals surface area contributed by atoms with E-state index in [4.69, 9.17) is 0 Å². The molecule has 0 bridgehead atoms. The van der Waals surface area contributed by atoms with E-state index < -0.39 is 0 Å². The first-order valence-electron chi connectivity index (χ1n) is 7.42. The number of likely N-dealkylation sites (N-methyl/N-ethyl adjacent to an activating group) is 1. The second kappa shape index (κ2) is 6.06. The Kier molecular flexibility index (Phi) is 4.61. The molecule has 0 spiro atoms. The number of rotatable bonds is 4. The minimum absolute atomic E-state index is 0.0274. The Balaban J connectivity index is 2.11. The van der Waals surface area contributed by atoms with Crippen molar-refractivity contribution in [3.05, 3.63) is 34.9 Å². The molecule has 0 aliphatic carbocycles. The van der Waals surface area contributed by atoms with Crippen molar-refractivity contribution in [2.24, 2.45) is 0 Å². The summed E-state index contributed by atoms with van der Waals surface area (Å²) >= 11 is 0. The molecule has 0 radical (unpaired) electrons. The first-order chi connectivity index (χ1) is 9.40. The van der Waals surface area contributed by atoms with E-state index in [2.05, 4.69) is 30.0 Å². The predicted molar refractivity (Wildman–Crippen MR) is 83.4 cm³/mol. The van der Waals surface area contributed by atoms with Gasteiger partial charge in [-0.1, -0.05) is 17.7 Å². The highest BCUT2D eigenvalue weighted by Gasteiger charge is 2.31. The van der Waals surface area contributed by atoms with Gasteiger partial charge in [0.2, 0.25) is 0 Å². The van der Waals surface area contributed by atoms with Gasteiger partial charge in [-0.3, -0.25) is 9.69 Å². The number of ketones is 1. The van der Waals surface area contributed by atoms with E-state index in [0.717, 1.165) is 36.2 Å². The Morgan fingerprint density at radius 2 is 2.05 bits per heavy atom. The monoisotopic (exact) mass is 274 g/mol. The number of hydrogen-bond donors (Lipinski definition) is 0. The largest absolute Gasteiger partial charge is 0.305 e. The smallest absolute Gasteiger partial charge is 0.179 e. The van der Waals surface area contributed by atoms with Crippen LogP contribution in [0.2, 0.25) is 0 Å². The molecule has 110 valence electrons. The third-order valence-corrected chi connectivity index (χ3v) is 4.51. The number of aryl methyl sites for hydroxylation is 2. The molecular formula is C17H26N2O. The Hall–Kier alpha value is -1.19. The fraction of sp³-hybridized carbons (Fsp3) is 0.588. The summed E-state index contributed by atoms with van der Waals surface area (Å²) in [5.74, 6) is 0.255. The molecule has 3 nitrogen and oxygen atoms in total. The lowest BCUT2D eigenvalue weighted by molar-refractivity contribution is 0.0859. The van der Waals surface area contributed by atoms with Crippen molar-refractivity contribution in [3.63, 3.8) is 0 Å². The van der Waals surface area contributed by atoms with Crippen molar-refractivity contribution in [3.8, 4) is 0 Å². The fourth-order valence-electron chi connectivity index (χ4n) is 2.93. The maximum atomic E-state index is 12.7. The Morgan fingerprint density at radius 1 is 1.35 bits per heavy atom. The van der Waals surface area contributed by atoms with Gasteiger partial charge in [0.05, 0.1) is 6.04 Å². The molecule has 1 aliphatic rings. The number of carbonyl (C=O) groups is 1. The summed E-state index contributed by atoms with van der Waals surface area (Å²) in [5, 5.41) is 0. The standard InChI is InChI=1S/C17H26N2O/c1-12-6-7-13(2)16(10-12)17(20)14(3)19-9-8-15(11-19)18(4)5/h6-7,10,14-15H,8-9,11H2,1-5H3. The van der Waals surface area contributed by atoms with Crippen LogP contribution in [0.25, 0.3) is 0 Å². The maximum Gasteiger partial charge on any atom is 0.179 e. The third-order valence-electron chi connectivity index (χ3n) is 4.51. The highest BCUT2D eigenvalue weighted by atomic mass is 16.1. The minimum Gasteiger partial charge on any atom is -0.305 e. The van der Waals surface area contributed by atoms with Gasteiger partial charge in [-0.25, -0.2) is 0 Å². The van der Waals surface area contributed by atoms with Gasteiger partial charge in [0, 0.05) is 24.7 Å². The second-order valence-corrected chi connectivity index (χ2v) is 6.26. The number of carbonyl (C=O) groups excluding carboxylic acids is 1. The normalized spacial score (nSPS) is 21.4. The van der Waals surface area contributed by atoms with Crippen LogP contribution < -0.4 is 0 Å². The fourth-order valence-corrected chi connectivity index (χ4v) is 2.93. The van der Waals surface area contributed by atoms with Crippen LogP contribution >= 0.6 is 0 Å². The Bertz CT molecular complexity index is 496. The lowest BCUT2D eigenvalue weighted by atomic mass is 9.98. The molecule has 0 saturated carbocycles. The average molecular weight is 274 g/mol. The summed E-state index contributed by atoms with van der Waals surface area (Å²) in [6.45, 7) is 8.11. The van der Waals surface area contributed by atoms with Crippen LogP contribution in [0.1, 0.15) is 34.8 Å². The van der Waals surface area contributed by atoms with Crippen molar-refractivity contribution < 1.29 is 4.79 Å². The van der Waals surface area contributed by atoms with E-state index in [0.29, 0.717) is 6.04 Å². The number of hydrogen-bond acceptors (Lipinski definition) is 3. The van der Waals surface area contributed by atoms with Gasteiger partial charge in [0.25, 0.3) is 0 Å². The maximum absolute atomic E-state index is 12.7. The Labute approximate surface area is 122 Å². The summed E-state index contributed by atoms with van der Waals surface area (Å²) in [6, 6.07) is 6.67. The first-order valence-corrected chi connectivity index (χ1v) is 7.42. The molecule has 1 fully saturated rings. The molecule has 1 aromatic rings. The van der Waals surface area contributed by atoms with Gasteiger partial charge in [0.1, 0.15) is 0 Å². The molecule has 1 aromatic carbocycles. The minimum atomic E-state index is -0.0274. The zero-order valence-corrected chi connectivity index (χ0v) is 13.3. The van der Waals surface area contributed by atoms with Crippen LogP contribution in [0, 0.1) is 13.8 Å². The molecule has 1 heterocycles. The van der Waals surface area contributed by atoms with E-state index in [1.807, 2.05) is 32.9 Å². The van der Waals surface area contributed by atoms with E-state index in [9.17, 15) is 4.79 Å². The molecule has 2 atom stereocenters. The van der Waals surface area contributed by atoms with E-state index in [1.54, 1.807) is 0 Å². The second-order valence-electron chi connectivity index (χ2n) is 6.26. The molecule has 20 heavy (non-hydrogen) atoms. The van der Waals surface area contributed by atoms with Crippen molar-refractivity contribution >= 4 is 5.78 Å². The summed E-state index contributed by atoms with van der Waals surface area (Å²) in [7, 11) is 4.23. The molecule has 3 heteroatoms. The summed E-state index contributed by atoms with van der Waals surface area (Å²) in [5.41, 5.74) is 3.11. The van der Waals surface area contributed by atoms with Crippen LogP contribution in [0.15, 0.2) is 18.2 Å². The first kappa shape index (κ1) is 15.2. The molecule has 0 amide bonds. The topological polar surface area (TPSA) is 23.6 Å². The molecular weight excluding hydrogens is 248 g/mol. The quantitative estimate of drug-likeness (QED) is 0.788.